The van der Waals surface area contributed by atoms with Crippen molar-refractivity contribution in [1.29, 1.82) is 0 Å². The summed E-state index contributed by atoms with van der Waals surface area (Å²) in [6, 6.07) is 0. The van der Waals surface area contributed by atoms with Gasteiger partial charge < -0.3 is 9.84 Å². The fraction of sp³-hybridized carbons (Fsp3) is 0.773. The van der Waals surface area contributed by atoms with Gasteiger partial charge in [-0.05, 0) is 78.8 Å². The zero-order chi connectivity index (χ0) is 17.8. The fourth-order valence-electron chi connectivity index (χ4n) is 7.10. The largest absolute Gasteiger partial charge is 0.501 e. The van der Waals surface area contributed by atoms with E-state index in [0.29, 0.717) is 11.8 Å². The van der Waals surface area contributed by atoms with Gasteiger partial charge in [-0.3, -0.25) is 4.79 Å². The summed E-state index contributed by atoms with van der Waals surface area (Å²) in [6.07, 6.45) is 12.6. The van der Waals surface area contributed by atoms with Gasteiger partial charge >= 0.3 is 0 Å². The monoisotopic (exact) mass is 344 g/mol. The number of fused-ring (bicyclic) bond motifs is 5. The number of hydrogen-bond donors (Lipinski definition) is 1. The molecule has 0 radical (unpaired) electrons. The van der Waals surface area contributed by atoms with Crippen LogP contribution >= 0.6 is 0 Å². The van der Waals surface area contributed by atoms with Gasteiger partial charge in [0.2, 0.25) is 0 Å². The fourth-order valence-corrected chi connectivity index (χ4v) is 7.10. The maximum Gasteiger partial charge on any atom is 0.161 e. The number of aliphatic hydroxyl groups excluding tert-OH is 1. The third-order valence-electron chi connectivity index (χ3n) is 8.54. The highest BCUT2D eigenvalue weighted by Gasteiger charge is 2.59. The first kappa shape index (κ1) is 17.3. The second-order valence-corrected chi connectivity index (χ2v) is 9.30. The summed E-state index contributed by atoms with van der Waals surface area (Å²) < 4.78 is 5.52. The van der Waals surface area contributed by atoms with Crippen molar-refractivity contribution in [3.8, 4) is 0 Å². The Kier molecular flexibility index (Phi) is 4.14. The molecular weight excluding hydrogens is 312 g/mol. The normalized spacial score (nSPS) is 45.6. The molecule has 0 aromatic carbocycles. The van der Waals surface area contributed by atoms with E-state index in [9.17, 15) is 9.90 Å². The molecule has 0 heterocycles. The van der Waals surface area contributed by atoms with Crippen molar-refractivity contribution in [3.05, 3.63) is 23.5 Å². The van der Waals surface area contributed by atoms with Gasteiger partial charge in [-0.25, -0.2) is 0 Å². The Bertz CT molecular complexity index is 633. The van der Waals surface area contributed by atoms with E-state index < -0.39 is 0 Å². The zero-order valence-corrected chi connectivity index (χ0v) is 15.9. The number of carbonyl (C=O) groups is 1. The van der Waals surface area contributed by atoms with Crippen molar-refractivity contribution >= 4 is 5.78 Å². The van der Waals surface area contributed by atoms with Crippen LogP contribution in [0.1, 0.15) is 58.8 Å². The van der Waals surface area contributed by atoms with E-state index in [1.165, 1.54) is 18.4 Å². The van der Waals surface area contributed by atoms with Gasteiger partial charge in [0.25, 0.3) is 0 Å². The number of ether oxygens (including phenoxy) is 1. The standard InChI is InChI=1S/C22H32O3/c1-21-10-8-15(25-3)12-14(21)4-5-16-17-6-7-19(20(24)13-23)22(17,2)11-9-18(16)21/h4,12,16-19,23H,5-11,13H2,1-3H3/t16-,17-,18-,19+,21-,22-/m0/s1. The smallest absolute Gasteiger partial charge is 0.161 e. The number of methoxy groups -OCH3 is 1. The van der Waals surface area contributed by atoms with E-state index in [1.54, 1.807) is 7.11 Å². The number of ketones is 1. The Hall–Kier alpha value is -1.09. The SMILES string of the molecule is COC1=CC2=CC[C@H]3[C@@H]4CC[C@H](C(=O)CO)[C@@]4(C)CC[C@@H]3[C@@]2(C)CC1. The molecule has 4 rings (SSSR count). The van der Waals surface area contributed by atoms with Gasteiger partial charge in [-0.2, -0.15) is 0 Å². The molecule has 0 spiro atoms. The number of rotatable bonds is 3. The molecule has 2 saturated carbocycles. The predicted molar refractivity (Wildman–Crippen MR) is 97.8 cm³/mol. The van der Waals surface area contributed by atoms with Crippen molar-refractivity contribution in [2.24, 2.45) is 34.5 Å². The van der Waals surface area contributed by atoms with Crippen molar-refractivity contribution in [1.82, 2.24) is 0 Å². The van der Waals surface area contributed by atoms with Crippen LogP contribution in [0.3, 0.4) is 0 Å². The number of hydrogen-bond acceptors (Lipinski definition) is 3. The summed E-state index contributed by atoms with van der Waals surface area (Å²) in [6.45, 7) is 4.52. The molecule has 25 heavy (non-hydrogen) atoms. The number of Topliss-reactive ketones (excluding diaryl/α,β-unsaturated/α-hetero) is 1. The molecule has 4 aliphatic carbocycles. The molecule has 3 heteroatoms. The summed E-state index contributed by atoms with van der Waals surface area (Å²) in [5.74, 6) is 3.33. The highest BCUT2D eigenvalue weighted by Crippen LogP contribution is 2.66. The van der Waals surface area contributed by atoms with Crippen LogP contribution in [-0.4, -0.2) is 24.6 Å². The predicted octanol–water partition coefficient (Wildman–Crippen LogP) is 4.27. The maximum absolute atomic E-state index is 12.3. The Morgan fingerprint density at radius 3 is 2.76 bits per heavy atom. The van der Waals surface area contributed by atoms with Crippen molar-refractivity contribution in [2.75, 3.05) is 13.7 Å². The molecule has 4 aliphatic rings. The van der Waals surface area contributed by atoms with Gasteiger partial charge in [0.15, 0.2) is 5.78 Å². The first-order valence-electron chi connectivity index (χ1n) is 10.0. The molecule has 0 aromatic heterocycles. The molecule has 3 nitrogen and oxygen atoms in total. The molecule has 0 bridgehead atoms. The van der Waals surface area contributed by atoms with Gasteiger partial charge in [0, 0.05) is 12.3 Å². The molecule has 0 unspecified atom stereocenters. The maximum atomic E-state index is 12.3. The lowest BCUT2D eigenvalue weighted by atomic mass is 9.48. The first-order valence-corrected chi connectivity index (χ1v) is 10.0. The third kappa shape index (κ3) is 2.38. The van der Waals surface area contributed by atoms with E-state index >= 15 is 0 Å². The average Bonchev–Trinajstić information content (AvgIpc) is 2.97. The molecule has 0 saturated heterocycles. The summed E-state index contributed by atoms with van der Waals surface area (Å²) in [4.78, 5) is 12.3. The van der Waals surface area contributed by atoms with Crippen LogP contribution in [0.5, 0.6) is 0 Å². The number of allylic oxidation sites excluding steroid dienone is 4. The highest BCUT2D eigenvalue weighted by atomic mass is 16.5. The molecule has 0 aromatic rings. The van der Waals surface area contributed by atoms with Gasteiger partial charge in [0.1, 0.15) is 6.61 Å². The molecule has 1 N–H and O–H groups in total. The summed E-state index contributed by atoms with van der Waals surface area (Å²) in [5.41, 5.74) is 1.86. The lowest BCUT2D eigenvalue weighted by Crippen LogP contribution is -2.50. The Balaban J connectivity index is 1.65. The minimum atomic E-state index is -0.284. The van der Waals surface area contributed by atoms with Crippen molar-refractivity contribution < 1.29 is 14.6 Å². The van der Waals surface area contributed by atoms with Crippen LogP contribution in [0.4, 0.5) is 0 Å². The molecule has 138 valence electrons. The first-order chi connectivity index (χ1) is 11.9. The van der Waals surface area contributed by atoms with Crippen LogP contribution < -0.4 is 0 Å². The lowest BCUT2D eigenvalue weighted by Gasteiger charge is -2.56. The van der Waals surface area contributed by atoms with E-state index in [2.05, 4.69) is 26.0 Å². The summed E-state index contributed by atoms with van der Waals surface area (Å²) in [7, 11) is 1.78. The Morgan fingerprint density at radius 1 is 1.24 bits per heavy atom. The summed E-state index contributed by atoms with van der Waals surface area (Å²) >= 11 is 0. The number of carbonyl (C=O) groups excluding carboxylic acids is 1. The third-order valence-corrected chi connectivity index (χ3v) is 8.54. The Morgan fingerprint density at radius 2 is 2.04 bits per heavy atom. The lowest BCUT2D eigenvalue weighted by molar-refractivity contribution is -0.132. The second kappa shape index (κ2) is 5.97. The highest BCUT2D eigenvalue weighted by molar-refractivity contribution is 5.83. The average molecular weight is 344 g/mol. The quantitative estimate of drug-likeness (QED) is 0.832. The van der Waals surface area contributed by atoms with Gasteiger partial charge in [-0.15, -0.1) is 0 Å². The van der Waals surface area contributed by atoms with Crippen molar-refractivity contribution in [3.63, 3.8) is 0 Å². The second-order valence-electron chi connectivity index (χ2n) is 9.30. The molecule has 0 aliphatic heterocycles. The minimum Gasteiger partial charge on any atom is -0.501 e. The van der Waals surface area contributed by atoms with Crippen LogP contribution in [-0.2, 0) is 9.53 Å². The van der Waals surface area contributed by atoms with E-state index in [0.717, 1.165) is 43.8 Å². The van der Waals surface area contributed by atoms with Crippen LogP contribution in [0.15, 0.2) is 23.5 Å². The van der Waals surface area contributed by atoms with Gasteiger partial charge in [0.05, 0.1) is 12.9 Å². The van der Waals surface area contributed by atoms with Gasteiger partial charge in [-0.1, -0.05) is 19.9 Å². The molecule has 6 atom stereocenters. The molecule has 0 amide bonds. The summed E-state index contributed by atoms with van der Waals surface area (Å²) in [5, 5.41) is 9.40. The van der Waals surface area contributed by atoms with Crippen molar-refractivity contribution in [2.45, 2.75) is 58.8 Å². The Labute approximate surface area is 151 Å². The van der Waals surface area contributed by atoms with E-state index in [1.807, 2.05) is 0 Å². The van der Waals surface area contributed by atoms with Crippen LogP contribution in [0, 0.1) is 34.5 Å². The van der Waals surface area contributed by atoms with E-state index in [-0.39, 0.29) is 29.1 Å². The van der Waals surface area contributed by atoms with Crippen LogP contribution in [0.25, 0.3) is 0 Å². The van der Waals surface area contributed by atoms with E-state index in [4.69, 9.17) is 4.74 Å². The number of aliphatic hydroxyl groups is 1. The minimum absolute atomic E-state index is 0.0760. The molecular formula is C22H32O3. The van der Waals surface area contributed by atoms with Crippen LogP contribution in [0.2, 0.25) is 0 Å². The topological polar surface area (TPSA) is 46.5 Å². The zero-order valence-electron chi connectivity index (χ0n) is 15.9. The molecule has 2 fully saturated rings.